The molecule has 1 fully saturated rings. The van der Waals surface area contributed by atoms with E-state index in [2.05, 4.69) is 14.9 Å². The minimum atomic E-state index is -5.51. The molecule has 1 aromatic carbocycles. The molecule has 2 aromatic heterocycles. The topological polar surface area (TPSA) is 126 Å². The van der Waals surface area contributed by atoms with E-state index in [0.717, 1.165) is 16.4 Å². The second-order valence-corrected chi connectivity index (χ2v) is 12.3. The summed E-state index contributed by atoms with van der Waals surface area (Å²) in [5.74, 6) is -1.92. The van der Waals surface area contributed by atoms with E-state index in [0.29, 0.717) is 13.2 Å². The van der Waals surface area contributed by atoms with Gasteiger partial charge < -0.3 is 19.3 Å². The van der Waals surface area contributed by atoms with Gasteiger partial charge in [-0.15, -0.1) is 11.3 Å². The molecule has 10 nitrogen and oxygen atoms in total. The monoisotopic (exact) mass is 628 g/mol. The highest BCUT2D eigenvalue weighted by molar-refractivity contribution is 7.91. The van der Waals surface area contributed by atoms with E-state index in [1.807, 2.05) is 0 Å². The van der Waals surface area contributed by atoms with E-state index in [9.17, 15) is 44.7 Å². The number of aromatic nitrogens is 2. The Morgan fingerprint density at radius 1 is 1.15 bits per heavy atom. The van der Waals surface area contributed by atoms with Crippen molar-refractivity contribution < 1.29 is 53.9 Å². The van der Waals surface area contributed by atoms with Crippen LogP contribution in [0.1, 0.15) is 23.2 Å². The van der Waals surface area contributed by atoms with E-state index in [4.69, 9.17) is 4.52 Å². The van der Waals surface area contributed by atoms with Gasteiger partial charge in [0, 0.05) is 36.9 Å². The number of carbonyl (C=O) groups excluding carboxylic acids is 1. The molecule has 1 aliphatic rings. The van der Waals surface area contributed by atoms with E-state index >= 15 is 0 Å². The van der Waals surface area contributed by atoms with Crippen LogP contribution >= 0.6 is 11.3 Å². The largest absolute Gasteiger partial charge is 0.466 e. The first-order chi connectivity index (χ1) is 18.9. The lowest BCUT2D eigenvalue weighted by atomic mass is 10.0. The summed E-state index contributed by atoms with van der Waals surface area (Å²) in [5, 5.41) is 13.7. The maximum atomic E-state index is 14.0. The zero-order valence-electron chi connectivity index (χ0n) is 21.4. The lowest BCUT2D eigenvalue weighted by Gasteiger charge is -2.40. The Labute approximate surface area is 233 Å². The number of esters is 1. The quantitative estimate of drug-likeness (QED) is 0.319. The van der Waals surface area contributed by atoms with Gasteiger partial charge in [0.05, 0.1) is 17.6 Å². The van der Waals surface area contributed by atoms with Gasteiger partial charge in [-0.3, -0.25) is 0 Å². The summed E-state index contributed by atoms with van der Waals surface area (Å²) in [4.78, 5) is 16.1. The number of halogens is 6. The molecular weight excluding hydrogens is 606 g/mol. The van der Waals surface area contributed by atoms with Crippen LogP contribution in [0.2, 0.25) is 0 Å². The number of methoxy groups -OCH3 is 1. The van der Waals surface area contributed by atoms with Crippen LogP contribution < -0.4 is 4.90 Å². The minimum absolute atomic E-state index is 0.0345. The summed E-state index contributed by atoms with van der Waals surface area (Å²) in [7, 11) is -3.83. The highest BCUT2D eigenvalue weighted by Gasteiger charge is 2.63. The molecule has 4 rings (SSSR count). The summed E-state index contributed by atoms with van der Waals surface area (Å²) in [6, 6.07) is 3.98. The Kier molecular flexibility index (Phi) is 7.91. The average molecular weight is 629 g/mol. The minimum Gasteiger partial charge on any atom is -0.466 e. The third kappa shape index (κ3) is 5.52. The van der Waals surface area contributed by atoms with E-state index in [1.54, 1.807) is 0 Å². The number of hydrogen-bond donors (Lipinski definition) is 1. The second-order valence-electron chi connectivity index (χ2n) is 9.11. The molecule has 1 N–H and O–H groups in total. The SMILES string of the molecule is COC(=O)C(O)(c1ccc(S(=O)(=O)N2CCN(c3ccc(-c4nc(C)no4)cc3C(F)(F)F)C[C@H]2C)s1)C(F)(F)F. The van der Waals surface area contributed by atoms with Gasteiger partial charge in [-0.25, -0.2) is 13.2 Å². The molecular formula is C23H22F6N4O6S2. The standard InChI is InChI=1S/C23H22F6N4O6S2/c1-12-11-32(16-5-4-14(10-15(16)22(24,25)26)19-30-13(2)31-39-19)8-9-33(12)41(36,37)18-7-6-17(40-18)21(35,20(34)38-3)23(27,28)29/h4-7,10,12,35H,8-9,11H2,1-3H3/t12-,21?/m1/s1. The zero-order valence-corrected chi connectivity index (χ0v) is 23.1. The van der Waals surface area contributed by atoms with E-state index in [-0.39, 0.29) is 53.9 Å². The van der Waals surface area contributed by atoms with Crippen molar-refractivity contribution in [2.45, 2.75) is 42.1 Å². The molecule has 224 valence electrons. The third-order valence-electron chi connectivity index (χ3n) is 6.38. The van der Waals surface area contributed by atoms with Crippen LogP contribution in [0.5, 0.6) is 0 Å². The van der Waals surface area contributed by atoms with Crippen LogP contribution in [0.15, 0.2) is 39.1 Å². The summed E-state index contributed by atoms with van der Waals surface area (Å²) < 4.78 is 119. The normalized spacial score (nSPS) is 18.8. The van der Waals surface area contributed by atoms with Crippen molar-refractivity contribution in [1.82, 2.24) is 14.4 Å². The highest BCUT2D eigenvalue weighted by atomic mass is 32.2. The van der Waals surface area contributed by atoms with Crippen LogP contribution in [-0.2, 0) is 31.3 Å². The number of hydrogen-bond acceptors (Lipinski definition) is 10. The molecule has 0 aliphatic carbocycles. The van der Waals surface area contributed by atoms with Gasteiger partial charge in [0.25, 0.3) is 21.5 Å². The fraction of sp³-hybridized carbons (Fsp3) is 0.435. The number of anilines is 1. The van der Waals surface area contributed by atoms with Crippen molar-refractivity contribution in [1.29, 1.82) is 0 Å². The second kappa shape index (κ2) is 10.6. The maximum absolute atomic E-state index is 14.0. The van der Waals surface area contributed by atoms with Crippen molar-refractivity contribution in [2.24, 2.45) is 0 Å². The Bertz CT molecular complexity index is 1550. The first-order valence-electron chi connectivity index (χ1n) is 11.7. The molecule has 3 aromatic rings. The smallest absolute Gasteiger partial charge is 0.433 e. The van der Waals surface area contributed by atoms with Crippen molar-refractivity contribution >= 4 is 33.0 Å². The summed E-state index contributed by atoms with van der Waals surface area (Å²) in [6.45, 7) is 2.26. The molecule has 0 amide bonds. The van der Waals surface area contributed by atoms with Gasteiger partial charge in [-0.1, -0.05) is 5.16 Å². The Balaban J connectivity index is 1.61. The molecule has 0 saturated carbocycles. The van der Waals surface area contributed by atoms with Crippen LogP contribution in [0.25, 0.3) is 11.5 Å². The van der Waals surface area contributed by atoms with E-state index < -0.39 is 54.6 Å². The van der Waals surface area contributed by atoms with E-state index in [1.165, 1.54) is 30.9 Å². The summed E-state index contributed by atoms with van der Waals surface area (Å²) in [6.07, 6.45) is -10.3. The van der Waals surface area contributed by atoms with Gasteiger partial charge in [-0.2, -0.15) is 35.6 Å². The molecule has 0 bridgehead atoms. The zero-order chi connectivity index (χ0) is 30.5. The fourth-order valence-electron chi connectivity index (χ4n) is 4.38. The molecule has 0 spiro atoms. The van der Waals surface area contributed by atoms with Gasteiger partial charge >= 0.3 is 18.3 Å². The molecule has 0 radical (unpaired) electrons. The number of carbonyl (C=O) groups is 1. The Hall–Kier alpha value is -3.22. The molecule has 1 saturated heterocycles. The van der Waals surface area contributed by atoms with Crippen molar-refractivity contribution in [3.63, 3.8) is 0 Å². The number of ether oxygens (including phenoxy) is 1. The number of rotatable bonds is 6. The lowest BCUT2D eigenvalue weighted by molar-refractivity contribution is -0.265. The van der Waals surface area contributed by atoms with Gasteiger partial charge in [0.1, 0.15) is 4.21 Å². The molecule has 1 aliphatic heterocycles. The third-order valence-corrected chi connectivity index (χ3v) is 10.1. The fourth-order valence-corrected chi connectivity index (χ4v) is 7.52. The van der Waals surface area contributed by atoms with Crippen molar-refractivity contribution in [3.8, 4) is 11.5 Å². The number of aryl methyl sites for hydroxylation is 1. The van der Waals surface area contributed by atoms with Gasteiger partial charge in [0.15, 0.2) is 5.82 Å². The lowest BCUT2D eigenvalue weighted by Crippen LogP contribution is -2.54. The molecule has 41 heavy (non-hydrogen) atoms. The van der Waals surface area contributed by atoms with Crippen molar-refractivity contribution in [2.75, 3.05) is 31.6 Å². The molecule has 1 unspecified atom stereocenters. The van der Waals surface area contributed by atoms with Crippen LogP contribution in [0.4, 0.5) is 32.0 Å². The first-order valence-corrected chi connectivity index (χ1v) is 13.9. The number of piperazine rings is 1. The number of nitrogens with zero attached hydrogens (tertiary/aromatic N) is 4. The number of alkyl halides is 6. The predicted octanol–water partition coefficient (Wildman–Crippen LogP) is 3.95. The Morgan fingerprint density at radius 3 is 2.37 bits per heavy atom. The average Bonchev–Trinajstić information content (AvgIpc) is 3.56. The highest BCUT2D eigenvalue weighted by Crippen LogP contribution is 2.44. The van der Waals surface area contributed by atoms with Gasteiger partial charge in [-0.05, 0) is 44.2 Å². The van der Waals surface area contributed by atoms with Gasteiger partial charge in [0.2, 0.25) is 0 Å². The maximum Gasteiger partial charge on any atom is 0.433 e. The molecule has 3 heterocycles. The summed E-state index contributed by atoms with van der Waals surface area (Å²) in [5.41, 5.74) is -5.28. The van der Waals surface area contributed by atoms with Crippen LogP contribution in [0, 0.1) is 6.92 Å². The van der Waals surface area contributed by atoms with Crippen LogP contribution in [0.3, 0.4) is 0 Å². The number of benzene rings is 1. The summed E-state index contributed by atoms with van der Waals surface area (Å²) >= 11 is 0.0345. The molecule has 18 heteroatoms. The Morgan fingerprint density at radius 2 is 1.83 bits per heavy atom. The molecule has 2 atom stereocenters. The first kappa shape index (κ1) is 30.7. The number of thiophene rings is 1. The van der Waals surface area contributed by atoms with Crippen LogP contribution in [-0.4, -0.2) is 72.9 Å². The number of sulfonamides is 1. The predicted molar refractivity (Wildman–Crippen MR) is 131 cm³/mol. The number of aliphatic hydroxyl groups is 1. The van der Waals surface area contributed by atoms with Crippen molar-refractivity contribution in [3.05, 3.63) is 46.6 Å².